The smallest absolute Gasteiger partial charge is 0.225 e. The Morgan fingerprint density at radius 3 is 3.06 bits per heavy atom. The zero-order chi connectivity index (χ0) is 12.5. The van der Waals surface area contributed by atoms with Gasteiger partial charge in [0.05, 0.1) is 12.0 Å². The Morgan fingerprint density at radius 2 is 2.47 bits per heavy atom. The van der Waals surface area contributed by atoms with Crippen LogP contribution in [0, 0.1) is 5.41 Å². The highest BCUT2D eigenvalue weighted by atomic mass is 16.3. The molecule has 0 saturated carbocycles. The highest BCUT2D eigenvalue weighted by Crippen LogP contribution is 2.33. The number of pyridine rings is 1. The van der Waals surface area contributed by atoms with E-state index in [0.717, 1.165) is 24.3 Å². The first-order valence-corrected chi connectivity index (χ1v) is 5.66. The monoisotopic (exact) mass is 235 g/mol. The van der Waals surface area contributed by atoms with Gasteiger partial charge in [-0.25, -0.2) is 4.98 Å². The van der Waals surface area contributed by atoms with Crippen LogP contribution in [0.2, 0.25) is 0 Å². The van der Waals surface area contributed by atoms with E-state index in [1.54, 1.807) is 12.3 Å². The third-order valence-corrected chi connectivity index (χ3v) is 3.41. The maximum absolute atomic E-state index is 11.4. The minimum atomic E-state index is -0.496. The van der Waals surface area contributed by atoms with Crippen molar-refractivity contribution in [2.75, 3.05) is 18.0 Å². The molecule has 0 aliphatic carbocycles. The molecule has 1 aliphatic heterocycles. The predicted octanol–water partition coefficient (Wildman–Crippen LogP) is 0.276. The second kappa shape index (κ2) is 4.33. The Labute approximate surface area is 100 Å². The summed E-state index contributed by atoms with van der Waals surface area (Å²) in [5, 5.41) is 9.26. The van der Waals surface area contributed by atoms with E-state index >= 15 is 0 Å². The molecule has 0 aromatic carbocycles. The Bertz CT molecular complexity index is 436. The van der Waals surface area contributed by atoms with E-state index in [1.165, 1.54) is 0 Å². The minimum Gasteiger partial charge on any atom is -0.392 e. The van der Waals surface area contributed by atoms with Crippen molar-refractivity contribution in [1.29, 1.82) is 0 Å². The fourth-order valence-electron chi connectivity index (χ4n) is 2.18. The average molecular weight is 235 g/mol. The van der Waals surface area contributed by atoms with Gasteiger partial charge in [0.2, 0.25) is 5.91 Å². The summed E-state index contributed by atoms with van der Waals surface area (Å²) in [6, 6.07) is 3.63. The van der Waals surface area contributed by atoms with Gasteiger partial charge in [-0.1, -0.05) is 6.07 Å². The molecule has 5 heteroatoms. The van der Waals surface area contributed by atoms with E-state index in [4.69, 9.17) is 5.73 Å². The second-order valence-electron chi connectivity index (χ2n) is 4.74. The van der Waals surface area contributed by atoms with Gasteiger partial charge < -0.3 is 15.7 Å². The molecule has 3 N–H and O–H groups in total. The molecule has 5 nitrogen and oxygen atoms in total. The maximum atomic E-state index is 11.4. The number of hydrogen-bond donors (Lipinski definition) is 2. The molecule has 1 aromatic rings. The average Bonchev–Trinajstić information content (AvgIpc) is 2.73. The number of aliphatic hydroxyl groups is 1. The molecule has 0 spiro atoms. The summed E-state index contributed by atoms with van der Waals surface area (Å²) in [6.45, 7) is 3.12. The Balaban J connectivity index is 2.23. The van der Waals surface area contributed by atoms with Crippen molar-refractivity contribution in [3.63, 3.8) is 0 Å². The van der Waals surface area contributed by atoms with Gasteiger partial charge in [0.1, 0.15) is 5.82 Å². The molecule has 1 aliphatic rings. The fourth-order valence-corrected chi connectivity index (χ4v) is 2.18. The summed E-state index contributed by atoms with van der Waals surface area (Å²) >= 11 is 0. The third-order valence-electron chi connectivity index (χ3n) is 3.41. The fraction of sp³-hybridized carbons (Fsp3) is 0.500. The van der Waals surface area contributed by atoms with Crippen LogP contribution in [0.5, 0.6) is 0 Å². The molecule has 2 rings (SSSR count). The van der Waals surface area contributed by atoms with E-state index < -0.39 is 5.41 Å². The van der Waals surface area contributed by atoms with Crippen LogP contribution in [-0.4, -0.2) is 29.1 Å². The lowest BCUT2D eigenvalue weighted by molar-refractivity contribution is -0.125. The summed E-state index contributed by atoms with van der Waals surface area (Å²) in [5.74, 6) is 0.474. The van der Waals surface area contributed by atoms with Gasteiger partial charge in [-0.2, -0.15) is 0 Å². The number of hydrogen-bond acceptors (Lipinski definition) is 4. The van der Waals surface area contributed by atoms with Gasteiger partial charge in [0, 0.05) is 24.8 Å². The van der Waals surface area contributed by atoms with Crippen LogP contribution in [0.25, 0.3) is 0 Å². The summed E-state index contributed by atoms with van der Waals surface area (Å²) in [4.78, 5) is 17.7. The maximum Gasteiger partial charge on any atom is 0.225 e. The second-order valence-corrected chi connectivity index (χ2v) is 4.74. The SMILES string of the molecule is CC1(C(N)=O)CCN(c2ncccc2CO)C1. The van der Waals surface area contributed by atoms with Crippen LogP contribution in [0.3, 0.4) is 0 Å². The van der Waals surface area contributed by atoms with Crippen LogP contribution >= 0.6 is 0 Å². The zero-order valence-electron chi connectivity index (χ0n) is 9.89. The van der Waals surface area contributed by atoms with Gasteiger partial charge in [-0.05, 0) is 19.4 Å². The first kappa shape index (κ1) is 11.9. The molecule has 1 saturated heterocycles. The molecular weight excluding hydrogens is 218 g/mol. The molecule has 0 radical (unpaired) electrons. The number of carbonyl (C=O) groups is 1. The lowest BCUT2D eigenvalue weighted by Gasteiger charge is -2.23. The lowest BCUT2D eigenvalue weighted by Crippen LogP contribution is -2.37. The number of amides is 1. The van der Waals surface area contributed by atoms with Gasteiger partial charge in [-0.3, -0.25) is 4.79 Å². The molecule has 2 heterocycles. The summed E-state index contributed by atoms with van der Waals surface area (Å²) in [5.41, 5.74) is 5.69. The molecule has 17 heavy (non-hydrogen) atoms. The van der Waals surface area contributed by atoms with Crippen molar-refractivity contribution in [2.45, 2.75) is 20.0 Å². The van der Waals surface area contributed by atoms with Crippen molar-refractivity contribution < 1.29 is 9.90 Å². The number of aromatic nitrogens is 1. The Kier molecular flexibility index (Phi) is 3.02. The Hall–Kier alpha value is -1.62. The molecule has 92 valence electrons. The van der Waals surface area contributed by atoms with Crippen molar-refractivity contribution in [3.05, 3.63) is 23.9 Å². The van der Waals surface area contributed by atoms with Gasteiger partial charge in [-0.15, -0.1) is 0 Å². The predicted molar refractivity (Wildman–Crippen MR) is 64.3 cm³/mol. The van der Waals surface area contributed by atoms with Gasteiger partial charge in [0.25, 0.3) is 0 Å². The molecular formula is C12H17N3O2. The quantitative estimate of drug-likeness (QED) is 0.788. The van der Waals surface area contributed by atoms with Crippen LogP contribution < -0.4 is 10.6 Å². The minimum absolute atomic E-state index is 0.0487. The normalized spacial score (nSPS) is 24.0. The van der Waals surface area contributed by atoms with E-state index in [9.17, 15) is 9.90 Å². The number of nitrogens with zero attached hydrogens (tertiary/aromatic N) is 2. The van der Waals surface area contributed by atoms with Crippen molar-refractivity contribution in [2.24, 2.45) is 11.1 Å². The highest BCUT2D eigenvalue weighted by molar-refractivity contribution is 5.82. The summed E-state index contributed by atoms with van der Waals surface area (Å²) < 4.78 is 0. The molecule has 1 aromatic heterocycles. The molecule has 1 amide bonds. The highest BCUT2D eigenvalue weighted by Gasteiger charge is 2.39. The van der Waals surface area contributed by atoms with Crippen molar-refractivity contribution >= 4 is 11.7 Å². The number of anilines is 1. The van der Waals surface area contributed by atoms with Crippen LogP contribution in [0.15, 0.2) is 18.3 Å². The molecule has 1 atom stereocenters. The van der Waals surface area contributed by atoms with E-state index in [0.29, 0.717) is 6.54 Å². The van der Waals surface area contributed by atoms with Gasteiger partial charge >= 0.3 is 0 Å². The first-order chi connectivity index (χ1) is 8.07. The van der Waals surface area contributed by atoms with Crippen LogP contribution in [0.1, 0.15) is 18.9 Å². The number of rotatable bonds is 3. The summed E-state index contributed by atoms with van der Waals surface area (Å²) in [6.07, 6.45) is 2.41. The largest absolute Gasteiger partial charge is 0.392 e. The first-order valence-electron chi connectivity index (χ1n) is 5.66. The Morgan fingerprint density at radius 1 is 1.71 bits per heavy atom. The summed E-state index contributed by atoms with van der Waals surface area (Å²) in [7, 11) is 0. The molecule has 1 fully saturated rings. The third kappa shape index (κ3) is 2.10. The molecule has 0 bridgehead atoms. The zero-order valence-corrected chi connectivity index (χ0v) is 9.89. The van der Waals surface area contributed by atoms with E-state index in [1.807, 2.05) is 17.9 Å². The topological polar surface area (TPSA) is 79.5 Å². The van der Waals surface area contributed by atoms with Crippen molar-refractivity contribution in [3.8, 4) is 0 Å². The van der Waals surface area contributed by atoms with Crippen LogP contribution in [0.4, 0.5) is 5.82 Å². The van der Waals surface area contributed by atoms with Crippen molar-refractivity contribution in [1.82, 2.24) is 4.98 Å². The van der Waals surface area contributed by atoms with E-state index in [2.05, 4.69) is 4.98 Å². The number of carbonyl (C=O) groups excluding carboxylic acids is 1. The van der Waals surface area contributed by atoms with Gasteiger partial charge in [0.15, 0.2) is 0 Å². The number of aliphatic hydroxyl groups excluding tert-OH is 1. The van der Waals surface area contributed by atoms with Crippen LogP contribution in [-0.2, 0) is 11.4 Å². The number of nitrogens with two attached hydrogens (primary N) is 1. The standard InChI is InChI=1S/C12H17N3O2/c1-12(11(13)17)4-6-15(8-12)10-9(7-16)3-2-5-14-10/h2-3,5,16H,4,6-8H2,1H3,(H2,13,17). The van der Waals surface area contributed by atoms with E-state index in [-0.39, 0.29) is 12.5 Å². The molecule has 1 unspecified atom stereocenters. The lowest BCUT2D eigenvalue weighted by atomic mass is 9.89. The number of primary amides is 1.